The topological polar surface area (TPSA) is 74.8 Å². The lowest BCUT2D eigenvalue weighted by atomic mass is 10.3. The van der Waals surface area contributed by atoms with Crippen LogP contribution >= 0.6 is 11.8 Å². The molecular formula is C18H13F2N5O2S. The average molecular weight is 401 g/mol. The molecule has 0 unspecified atom stereocenters. The second-order valence-electron chi connectivity index (χ2n) is 5.81. The smallest absolute Gasteiger partial charge is 0.301 e. The van der Waals surface area contributed by atoms with E-state index in [1.807, 2.05) is 6.26 Å². The van der Waals surface area contributed by atoms with Gasteiger partial charge in [0.15, 0.2) is 33.9 Å². The summed E-state index contributed by atoms with van der Waals surface area (Å²) in [4.78, 5) is 21.7. The predicted octanol–water partition coefficient (Wildman–Crippen LogP) is 3.31. The molecule has 0 aliphatic heterocycles. The first kappa shape index (κ1) is 18.1. The fourth-order valence-corrected chi connectivity index (χ4v) is 2.98. The molecule has 4 aromatic rings. The first-order chi connectivity index (χ1) is 13.5. The third kappa shape index (κ3) is 3.22. The molecule has 3 aromatic heterocycles. The number of hydrogen-bond acceptors (Lipinski definition) is 6. The fourth-order valence-electron chi connectivity index (χ4n) is 2.64. The zero-order chi connectivity index (χ0) is 19.8. The molecule has 0 radical (unpaired) electrons. The van der Waals surface area contributed by atoms with E-state index in [-0.39, 0.29) is 11.5 Å². The monoisotopic (exact) mass is 401 g/mol. The predicted molar refractivity (Wildman–Crippen MR) is 100 cm³/mol. The molecule has 0 N–H and O–H groups in total. The van der Waals surface area contributed by atoms with Crippen molar-refractivity contribution < 1.29 is 13.5 Å². The Hall–Kier alpha value is -3.27. The number of aryl methyl sites for hydroxylation is 1. The van der Waals surface area contributed by atoms with E-state index < -0.39 is 17.2 Å². The zero-order valence-corrected chi connectivity index (χ0v) is 15.6. The molecule has 10 heteroatoms. The highest BCUT2D eigenvalue weighted by molar-refractivity contribution is 7.98. The molecule has 0 fully saturated rings. The highest BCUT2D eigenvalue weighted by Crippen LogP contribution is 2.26. The Kier molecular flexibility index (Phi) is 4.55. The van der Waals surface area contributed by atoms with E-state index in [2.05, 4.69) is 15.1 Å². The highest BCUT2D eigenvalue weighted by Gasteiger charge is 2.18. The molecule has 0 aliphatic rings. The highest BCUT2D eigenvalue weighted by atomic mass is 32.2. The summed E-state index contributed by atoms with van der Waals surface area (Å²) in [5, 5.41) is 5.24. The first-order valence-electron chi connectivity index (χ1n) is 8.06. The van der Waals surface area contributed by atoms with Crippen molar-refractivity contribution >= 4 is 22.8 Å². The summed E-state index contributed by atoms with van der Waals surface area (Å²) in [6.45, 7) is 0. The van der Waals surface area contributed by atoms with E-state index >= 15 is 0 Å². The van der Waals surface area contributed by atoms with Crippen molar-refractivity contribution in [2.75, 3.05) is 6.26 Å². The van der Waals surface area contributed by atoms with Gasteiger partial charge >= 0.3 is 5.56 Å². The van der Waals surface area contributed by atoms with Crippen molar-refractivity contribution in [1.29, 1.82) is 0 Å². The number of aromatic nitrogens is 5. The molecule has 4 rings (SSSR count). The van der Waals surface area contributed by atoms with Gasteiger partial charge in [-0.25, -0.2) is 23.3 Å². The molecule has 7 nitrogen and oxygen atoms in total. The molecule has 0 saturated carbocycles. The van der Waals surface area contributed by atoms with Crippen LogP contribution in [0.15, 0.2) is 52.7 Å². The fraction of sp³-hybridized carbons (Fsp3) is 0.111. The summed E-state index contributed by atoms with van der Waals surface area (Å²) in [5.74, 6) is -1.77. The standard InChI is InChI=1S/C18H13F2N5O2S/c1-24-6-5-15(23-24)25-16-10(9-21-18(22-16)28-2)7-14(17(25)26)27-13-4-3-11(19)8-12(13)20/h3-9H,1-2H3. The molecule has 142 valence electrons. The number of halogens is 2. The van der Waals surface area contributed by atoms with Gasteiger partial charge in [0.25, 0.3) is 0 Å². The van der Waals surface area contributed by atoms with Crippen LogP contribution in [0.2, 0.25) is 0 Å². The van der Waals surface area contributed by atoms with Gasteiger partial charge in [-0.15, -0.1) is 0 Å². The van der Waals surface area contributed by atoms with Crippen LogP contribution in [-0.4, -0.2) is 30.6 Å². The maximum Gasteiger partial charge on any atom is 0.301 e. The second-order valence-corrected chi connectivity index (χ2v) is 6.58. The van der Waals surface area contributed by atoms with Gasteiger partial charge < -0.3 is 4.74 Å². The van der Waals surface area contributed by atoms with Gasteiger partial charge in [0.2, 0.25) is 0 Å². The Morgan fingerprint density at radius 3 is 2.64 bits per heavy atom. The minimum atomic E-state index is -0.919. The maximum atomic E-state index is 14.0. The summed E-state index contributed by atoms with van der Waals surface area (Å²) in [7, 11) is 1.72. The molecule has 0 bridgehead atoms. The Balaban J connectivity index is 1.95. The summed E-state index contributed by atoms with van der Waals surface area (Å²) < 4.78 is 35.4. The maximum absolute atomic E-state index is 14.0. The molecule has 0 atom stereocenters. The van der Waals surface area contributed by atoms with Crippen LogP contribution in [-0.2, 0) is 7.05 Å². The lowest BCUT2D eigenvalue weighted by Gasteiger charge is -2.12. The Bertz CT molecular complexity index is 1250. The van der Waals surface area contributed by atoms with Crippen molar-refractivity contribution in [1.82, 2.24) is 24.3 Å². The van der Waals surface area contributed by atoms with E-state index in [1.54, 1.807) is 25.5 Å². The minimum Gasteiger partial charge on any atom is -0.448 e. The molecule has 0 spiro atoms. The molecular weight excluding hydrogens is 388 g/mol. The van der Waals surface area contributed by atoms with Crippen molar-refractivity contribution in [3.63, 3.8) is 0 Å². The number of hydrogen-bond donors (Lipinski definition) is 0. The zero-order valence-electron chi connectivity index (χ0n) is 14.8. The molecule has 0 amide bonds. The molecule has 3 heterocycles. The number of thioether (sulfide) groups is 1. The molecule has 0 aliphatic carbocycles. The number of pyridine rings is 1. The molecule has 1 aromatic carbocycles. The lowest BCUT2D eigenvalue weighted by molar-refractivity contribution is 0.431. The molecule has 0 saturated heterocycles. The Morgan fingerprint density at radius 2 is 1.96 bits per heavy atom. The van der Waals surface area contributed by atoms with Crippen LogP contribution in [0.25, 0.3) is 16.9 Å². The van der Waals surface area contributed by atoms with Crippen LogP contribution < -0.4 is 10.3 Å². The summed E-state index contributed by atoms with van der Waals surface area (Å²) >= 11 is 1.33. The number of rotatable bonds is 4. The quantitative estimate of drug-likeness (QED) is 0.386. The van der Waals surface area contributed by atoms with Crippen molar-refractivity contribution in [3.05, 3.63) is 64.7 Å². The normalized spacial score (nSPS) is 11.1. The third-order valence-electron chi connectivity index (χ3n) is 3.91. The van der Waals surface area contributed by atoms with Crippen LogP contribution in [0, 0.1) is 11.6 Å². The van der Waals surface area contributed by atoms with Gasteiger partial charge in [-0.1, -0.05) is 11.8 Å². The van der Waals surface area contributed by atoms with Crippen LogP contribution in [0.4, 0.5) is 8.78 Å². The number of benzene rings is 1. The largest absolute Gasteiger partial charge is 0.448 e. The average Bonchev–Trinajstić information content (AvgIpc) is 3.10. The van der Waals surface area contributed by atoms with E-state index in [0.29, 0.717) is 28.1 Å². The van der Waals surface area contributed by atoms with Crippen molar-refractivity contribution in [3.8, 4) is 17.3 Å². The Labute approximate surface area is 161 Å². The van der Waals surface area contributed by atoms with Gasteiger partial charge in [0, 0.05) is 37.0 Å². The van der Waals surface area contributed by atoms with Crippen molar-refractivity contribution in [2.45, 2.75) is 5.16 Å². The third-order valence-corrected chi connectivity index (χ3v) is 4.47. The second kappa shape index (κ2) is 7.04. The number of nitrogens with zero attached hydrogens (tertiary/aromatic N) is 5. The van der Waals surface area contributed by atoms with Crippen LogP contribution in [0.1, 0.15) is 0 Å². The van der Waals surface area contributed by atoms with Gasteiger partial charge in [0.1, 0.15) is 5.82 Å². The summed E-state index contributed by atoms with van der Waals surface area (Å²) in [6.07, 6.45) is 5.04. The van der Waals surface area contributed by atoms with Crippen molar-refractivity contribution in [2.24, 2.45) is 7.05 Å². The van der Waals surface area contributed by atoms with E-state index in [9.17, 15) is 13.6 Å². The van der Waals surface area contributed by atoms with E-state index in [4.69, 9.17) is 4.74 Å². The first-order valence-corrected chi connectivity index (χ1v) is 9.28. The van der Waals surface area contributed by atoms with Gasteiger partial charge in [-0.3, -0.25) is 9.48 Å². The summed E-state index contributed by atoms with van der Waals surface area (Å²) in [6, 6.07) is 5.91. The number of ether oxygens (including phenoxy) is 1. The number of fused-ring (bicyclic) bond motifs is 1. The van der Waals surface area contributed by atoms with Gasteiger partial charge in [-0.2, -0.15) is 5.10 Å². The van der Waals surface area contributed by atoms with E-state index in [0.717, 1.165) is 12.1 Å². The molecule has 28 heavy (non-hydrogen) atoms. The van der Waals surface area contributed by atoms with Gasteiger partial charge in [0.05, 0.1) is 0 Å². The van der Waals surface area contributed by atoms with E-state index in [1.165, 1.54) is 27.1 Å². The Morgan fingerprint density at radius 1 is 1.14 bits per heavy atom. The van der Waals surface area contributed by atoms with Gasteiger partial charge in [-0.05, 0) is 24.5 Å². The lowest BCUT2D eigenvalue weighted by Crippen LogP contribution is -2.22. The van der Waals surface area contributed by atoms with Crippen LogP contribution in [0.3, 0.4) is 0 Å². The SMILES string of the molecule is CSc1ncc2cc(Oc3ccc(F)cc3F)c(=O)n(-c3ccn(C)n3)c2n1. The summed E-state index contributed by atoms with van der Waals surface area (Å²) in [5.41, 5.74) is -0.240. The van der Waals surface area contributed by atoms with Crippen LogP contribution in [0.5, 0.6) is 11.5 Å². The minimum absolute atomic E-state index is 0.163.